The average Bonchev–Trinajstić information content (AvgIpc) is 3.44. The Hall–Kier alpha value is -2.46. The van der Waals surface area contributed by atoms with Crippen molar-refractivity contribution in [2.24, 2.45) is 0 Å². The van der Waals surface area contributed by atoms with Crippen LogP contribution in [0.4, 0.5) is 5.88 Å². The van der Waals surface area contributed by atoms with Crippen molar-refractivity contribution in [1.82, 2.24) is 9.88 Å². The molecule has 0 bridgehead atoms. The van der Waals surface area contributed by atoms with E-state index >= 15 is 0 Å². The minimum Gasteiger partial charge on any atom is -0.420 e. The molecule has 1 saturated heterocycles. The third kappa shape index (κ3) is 4.99. The molecule has 0 radical (unpaired) electrons. The average molecular weight is 446 g/mol. The Labute approximate surface area is 179 Å². The maximum Gasteiger partial charge on any atom is 0.233 e. The van der Waals surface area contributed by atoms with Gasteiger partial charge >= 0.3 is 0 Å². The standard InChI is InChI=1S/C21H23N3O4S2/c25-30(26,18-6-2-1-3-7-18)21-20(22-10-11-24-12-14-27-15-13-24)28-19(23-21)9-8-17-5-4-16-29-17/h1-9,16,22H,10-15H2. The van der Waals surface area contributed by atoms with Gasteiger partial charge in [0.15, 0.2) is 0 Å². The zero-order valence-electron chi connectivity index (χ0n) is 16.4. The van der Waals surface area contributed by atoms with Crippen molar-refractivity contribution in [3.63, 3.8) is 0 Å². The number of nitrogens with zero attached hydrogens (tertiary/aromatic N) is 2. The van der Waals surface area contributed by atoms with Gasteiger partial charge in [0.2, 0.25) is 26.6 Å². The van der Waals surface area contributed by atoms with Crippen LogP contribution in [0.2, 0.25) is 0 Å². The van der Waals surface area contributed by atoms with E-state index in [0.717, 1.165) is 24.5 Å². The van der Waals surface area contributed by atoms with E-state index in [1.165, 1.54) is 0 Å². The Balaban J connectivity index is 1.57. The number of ether oxygens (including phenoxy) is 1. The van der Waals surface area contributed by atoms with E-state index in [2.05, 4.69) is 15.2 Å². The Kier molecular flexibility index (Phi) is 6.63. The summed E-state index contributed by atoms with van der Waals surface area (Å²) in [6.45, 7) is 4.46. The second-order valence-electron chi connectivity index (χ2n) is 6.73. The monoisotopic (exact) mass is 445 g/mol. The zero-order chi connectivity index (χ0) is 20.8. The molecular formula is C21H23N3O4S2. The molecule has 158 valence electrons. The number of benzene rings is 1. The summed E-state index contributed by atoms with van der Waals surface area (Å²) in [6, 6.07) is 12.2. The highest BCUT2D eigenvalue weighted by atomic mass is 32.2. The van der Waals surface area contributed by atoms with Crippen molar-refractivity contribution in [3.8, 4) is 0 Å². The molecule has 1 aromatic carbocycles. The molecule has 0 atom stereocenters. The second-order valence-corrected chi connectivity index (χ2v) is 9.58. The zero-order valence-corrected chi connectivity index (χ0v) is 18.0. The molecule has 1 N–H and O–H groups in total. The number of rotatable bonds is 8. The summed E-state index contributed by atoms with van der Waals surface area (Å²) in [6.07, 6.45) is 3.54. The molecule has 7 nitrogen and oxygen atoms in total. The number of thiophene rings is 1. The normalized spacial score (nSPS) is 15.6. The minimum atomic E-state index is -3.81. The molecule has 30 heavy (non-hydrogen) atoms. The number of oxazole rings is 1. The molecule has 1 aliphatic rings. The first-order valence-electron chi connectivity index (χ1n) is 9.69. The van der Waals surface area contributed by atoms with Gasteiger partial charge in [-0.25, -0.2) is 8.42 Å². The van der Waals surface area contributed by atoms with Crippen molar-refractivity contribution in [1.29, 1.82) is 0 Å². The van der Waals surface area contributed by atoms with Crippen LogP contribution >= 0.6 is 11.3 Å². The van der Waals surface area contributed by atoms with Crippen molar-refractivity contribution >= 4 is 39.2 Å². The van der Waals surface area contributed by atoms with Gasteiger partial charge in [0, 0.05) is 37.1 Å². The number of hydrogen-bond acceptors (Lipinski definition) is 8. The van der Waals surface area contributed by atoms with Crippen LogP contribution in [0.1, 0.15) is 10.8 Å². The highest BCUT2D eigenvalue weighted by molar-refractivity contribution is 7.91. The van der Waals surface area contributed by atoms with Gasteiger partial charge in [-0.2, -0.15) is 4.98 Å². The number of morpholine rings is 1. The van der Waals surface area contributed by atoms with Crippen molar-refractivity contribution in [2.75, 3.05) is 44.7 Å². The van der Waals surface area contributed by atoms with Gasteiger partial charge in [-0.15, -0.1) is 11.3 Å². The van der Waals surface area contributed by atoms with Crippen molar-refractivity contribution in [3.05, 3.63) is 58.6 Å². The van der Waals surface area contributed by atoms with Crippen LogP contribution < -0.4 is 5.32 Å². The van der Waals surface area contributed by atoms with Crippen LogP contribution in [-0.2, 0) is 14.6 Å². The van der Waals surface area contributed by atoms with Crippen molar-refractivity contribution in [2.45, 2.75) is 9.92 Å². The smallest absolute Gasteiger partial charge is 0.233 e. The molecule has 3 aromatic rings. The summed E-state index contributed by atoms with van der Waals surface area (Å²) in [7, 11) is -3.81. The first kappa shape index (κ1) is 20.8. The third-order valence-electron chi connectivity index (χ3n) is 4.67. The van der Waals surface area contributed by atoms with Gasteiger partial charge < -0.3 is 14.5 Å². The molecule has 1 aliphatic heterocycles. The molecule has 1 fully saturated rings. The Morgan fingerprint density at radius 1 is 1.10 bits per heavy atom. The van der Waals surface area contributed by atoms with E-state index in [-0.39, 0.29) is 21.7 Å². The quantitative estimate of drug-likeness (QED) is 0.568. The summed E-state index contributed by atoms with van der Waals surface area (Å²) in [4.78, 5) is 7.76. The number of sulfone groups is 1. The number of aromatic nitrogens is 1. The SMILES string of the molecule is O=S(=O)(c1ccccc1)c1nc(C=Cc2cccs2)oc1NCCN1CCOCC1. The summed E-state index contributed by atoms with van der Waals surface area (Å²) < 4.78 is 37.5. The maximum absolute atomic E-state index is 13.2. The summed E-state index contributed by atoms with van der Waals surface area (Å²) in [5.74, 6) is 0.407. The van der Waals surface area contributed by atoms with E-state index in [0.29, 0.717) is 19.8 Å². The summed E-state index contributed by atoms with van der Waals surface area (Å²) in [5.41, 5.74) is 0. The van der Waals surface area contributed by atoms with Crippen LogP contribution in [0.25, 0.3) is 12.2 Å². The van der Waals surface area contributed by atoms with Crippen molar-refractivity contribution < 1.29 is 17.6 Å². The lowest BCUT2D eigenvalue weighted by Crippen LogP contribution is -2.39. The van der Waals surface area contributed by atoms with E-state index in [9.17, 15) is 8.42 Å². The number of anilines is 1. The van der Waals surface area contributed by atoms with Crippen LogP contribution in [0.15, 0.2) is 62.2 Å². The highest BCUT2D eigenvalue weighted by Gasteiger charge is 2.27. The lowest BCUT2D eigenvalue weighted by molar-refractivity contribution is 0.0398. The Bertz CT molecular complexity index is 1070. The van der Waals surface area contributed by atoms with E-state index in [4.69, 9.17) is 9.15 Å². The van der Waals surface area contributed by atoms with Gasteiger partial charge in [0.1, 0.15) is 0 Å². The molecule has 9 heteroatoms. The Morgan fingerprint density at radius 2 is 1.90 bits per heavy atom. The fourth-order valence-corrected chi connectivity index (χ4v) is 5.01. The van der Waals surface area contributed by atoms with Gasteiger partial charge in [0.05, 0.1) is 18.1 Å². The first-order chi connectivity index (χ1) is 14.6. The molecule has 0 spiro atoms. The molecule has 4 rings (SSSR count). The predicted octanol–water partition coefficient (Wildman–Crippen LogP) is 3.48. The van der Waals surface area contributed by atoms with Gasteiger partial charge in [-0.3, -0.25) is 4.90 Å². The van der Waals surface area contributed by atoms with Crippen LogP contribution in [0, 0.1) is 0 Å². The van der Waals surface area contributed by atoms with Crippen LogP contribution in [0.3, 0.4) is 0 Å². The van der Waals surface area contributed by atoms with Gasteiger partial charge in [-0.1, -0.05) is 24.3 Å². The maximum atomic E-state index is 13.2. The molecule has 2 aromatic heterocycles. The molecule has 3 heterocycles. The Morgan fingerprint density at radius 3 is 2.63 bits per heavy atom. The molecule has 0 aliphatic carbocycles. The topological polar surface area (TPSA) is 84.7 Å². The number of hydrogen-bond donors (Lipinski definition) is 1. The van der Waals surface area contributed by atoms with Crippen LogP contribution in [-0.4, -0.2) is 57.7 Å². The fourth-order valence-electron chi connectivity index (χ4n) is 3.09. The molecule has 0 unspecified atom stereocenters. The van der Waals surface area contributed by atoms with E-state index in [1.807, 2.05) is 23.6 Å². The predicted molar refractivity (Wildman–Crippen MR) is 117 cm³/mol. The lowest BCUT2D eigenvalue weighted by atomic mass is 10.4. The van der Waals surface area contributed by atoms with E-state index in [1.54, 1.807) is 47.7 Å². The largest absolute Gasteiger partial charge is 0.420 e. The summed E-state index contributed by atoms with van der Waals surface area (Å²) >= 11 is 1.58. The molecular weight excluding hydrogens is 422 g/mol. The fraction of sp³-hybridized carbons (Fsp3) is 0.286. The highest BCUT2D eigenvalue weighted by Crippen LogP contribution is 2.29. The van der Waals surface area contributed by atoms with Gasteiger partial charge in [0.25, 0.3) is 0 Å². The second kappa shape index (κ2) is 9.57. The third-order valence-corrected chi connectivity index (χ3v) is 7.19. The van der Waals surface area contributed by atoms with Crippen LogP contribution in [0.5, 0.6) is 0 Å². The molecule has 0 amide bonds. The first-order valence-corrected chi connectivity index (χ1v) is 12.1. The van der Waals surface area contributed by atoms with Gasteiger partial charge in [-0.05, 0) is 29.7 Å². The molecule has 0 saturated carbocycles. The summed E-state index contributed by atoms with van der Waals surface area (Å²) in [5, 5.41) is 5.00. The number of nitrogens with one attached hydrogen (secondary N) is 1. The minimum absolute atomic E-state index is 0.0958. The van der Waals surface area contributed by atoms with E-state index < -0.39 is 9.84 Å². The lowest BCUT2D eigenvalue weighted by Gasteiger charge is -2.26.